The maximum Gasteiger partial charge on any atom is 0.212 e. The summed E-state index contributed by atoms with van der Waals surface area (Å²) in [6.07, 6.45) is 3.00. The van der Waals surface area contributed by atoms with E-state index in [2.05, 4.69) is 15.3 Å². The maximum atomic E-state index is 12.8. The van der Waals surface area contributed by atoms with Gasteiger partial charge in [0, 0.05) is 12.0 Å². The van der Waals surface area contributed by atoms with Gasteiger partial charge in [-0.05, 0) is 48.7 Å². The number of Topliss-reactive ketones (excluding diaryl/α,β-unsaturated/α-hetero) is 1. The molecule has 0 N–H and O–H groups in total. The van der Waals surface area contributed by atoms with Gasteiger partial charge in [0.15, 0.2) is 5.78 Å². The first-order valence-electron chi connectivity index (χ1n) is 11.4. The van der Waals surface area contributed by atoms with Gasteiger partial charge < -0.3 is 4.74 Å². The molecule has 2 heterocycles. The second-order valence-electron chi connectivity index (χ2n) is 8.17. The van der Waals surface area contributed by atoms with Crippen molar-refractivity contribution in [3.05, 3.63) is 113 Å². The molecule has 0 bridgehead atoms. The number of ketones is 1. The molecule has 5 aromatic rings. The number of nitrogens with zero attached hydrogens (tertiary/aromatic N) is 4. The van der Waals surface area contributed by atoms with Gasteiger partial charge in [-0.3, -0.25) is 4.79 Å². The van der Waals surface area contributed by atoms with E-state index in [0.29, 0.717) is 29.5 Å². The molecule has 0 fully saturated rings. The number of hydrogen-bond acceptors (Lipinski definition) is 6. The molecule has 0 saturated heterocycles. The third kappa shape index (κ3) is 5.53. The highest BCUT2D eigenvalue weighted by atomic mass is 32.1. The lowest BCUT2D eigenvalue weighted by atomic mass is 10.1. The van der Waals surface area contributed by atoms with Crippen LogP contribution in [0.2, 0.25) is 0 Å². The first-order valence-corrected chi connectivity index (χ1v) is 12.2. The standard InChI is InChI=1S/C28H24N4O2S/c1-20-27(26(33)17-12-21-8-4-2-5-9-21)35-28(29-20)32-18-25(30-31-32)23-13-15-24(16-14-23)34-19-22-10-6-3-7-11-22/h2-11,13-16,18H,12,17,19H2,1H3. The third-order valence-corrected chi connectivity index (χ3v) is 6.80. The number of ether oxygens (including phenoxy) is 1. The monoisotopic (exact) mass is 480 g/mol. The minimum atomic E-state index is 0.0986. The van der Waals surface area contributed by atoms with E-state index in [4.69, 9.17) is 4.74 Å². The largest absolute Gasteiger partial charge is 0.489 e. The Morgan fingerprint density at radius 2 is 1.60 bits per heavy atom. The molecule has 3 aromatic carbocycles. The summed E-state index contributed by atoms with van der Waals surface area (Å²) in [5, 5.41) is 9.17. The Hall–Kier alpha value is -4.10. The maximum absolute atomic E-state index is 12.8. The zero-order chi connectivity index (χ0) is 24.0. The van der Waals surface area contributed by atoms with Crippen LogP contribution in [-0.2, 0) is 13.0 Å². The summed E-state index contributed by atoms with van der Waals surface area (Å²) in [6.45, 7) is 2.38. The van der Waals surface area contributed by atoms with Gasteiger partial charge in [0.2, 0.25) is 5.13 Å². The normalized spacial score (nSPS) is 10.9. The molecule has 7 heteroatoms. The molecule has 5 rings (SSSR count). The summed E-state index contributed by atoms with van der Waals surface area (Å²) in [5.74, 6) is 0.890. The first kappa shape index (κ1) is 22.7. The fourth-order valence-corrected chi connectivity index (χ4v) is 4.66. The van der Waals surface area contributed by atoms with Crippen LogP contribution in [-0.4, -0.2) is 25.8 Å². The van der Waals surface area contributed by atoms with E-state index in [-0.39, 0.29) is 5.78 Å². The van der Waals surface area contributed by atoms with Crippen molar-refractivity contribution in [1.82, 2.24) is 20.0 Å². The van der Waals surface area contributed by atoms with Crippen molar-refractivity contribution >= 4 is 17.1 Å². The minimum Gasteiger partial charge on any atom is -0.489 e. The lowest BCUT2D eigenvalue weighted by Gasteiger charge is -2.06. The number of benzene rings is 3. The van der Waals surface area contributed by atoms with Crippen LogP contribution >= 0.6 is 11.3 Å². The number of aromatic nitrogens is 4. The molecule has 6 nitrogen and oxygen atoms in total. The topological polar surface area (TPSA) is 69.9 Å². The summed E-state index contributed by atoms with van der Waals surface area (Å²) >= 11 is 1.35. The molecule has 0 aliphatic heterocycles. The lowest BCUT2D eigenvalue weighted by Crippen LogP contribution is -2.00. The van der Waals surface area contributed by atoms with Crippen LogP contribution in [0.1, 0.15) is 32.9 Å². The van der Waals surface area contributed by atoms with Crippen molar-refractivity contribution < 1.29 is 9.53 Å². The molecule has 0 saturated carbocycles. The Morgan fingerprint density at radius 3 is 2.31 bits per heavy atom. The predicted octanol–water partition coefficient (Wildman–Crippen LogP) is 6.09. The molecule has 0 aliphatic rings. The van der Waals surface area contributed by atoms with E-state index >= 15 is 0 Å². The van der Waals surface area contributed by atoms with Crippen LogP contribution in [0.25, 0.3) is 16.4 Å². The Morgan fingerprint density at radius 1 is 0.914 bits per heavy atom. The molecule has 2 aromatic heterocycles. The number of aryl methyl sites for hydroxylation is 2. The van der Waals surface area contributed by atoms with Crippen molar-refractivity contribution in [3.8, 4) is 22.1 Å². The van der Waals surface area contributed by atoms with Crippen molar-refractivity contribution in [1.29, 1.82) is 0 Å². The predicted molar refractivity (Wildman–Crippen MR) is 137 cm³/mol. The van der Waals surface area contributed by atoms with Gasteiger partial charge >= 0.3 is 0 Å². The second-order valence-corrected chi connectivity index (χ2v) is 9.14. The van der Waals surface area contributed by atoms with Crippen LogP contribution in [0.15, 0.2) is 91.1 Å². The van der Waals surface area contributed by atoms with E-state index in [9.17, 15) is 4.79 Å². The van der Waals surface area contributed by atoms with Crippen LogP contribution < -0.4 is 4.74 Å². The fraction of sp³-hybridized carbons (Fsp3) is 0.143. The van der Waals surface area contributed by atoms with Crippen molar-refractivity contribution in [2.24, 2.45) is 0 Å². The number of rotatable bonds is 9. The van der Waals surface area contributed by atoms with E-state index in [1.54, 1.807) is 4.68 Å². The van der Waals surface area contributed by atoms with Crippen molar-refractivity contribution in [2.45, 2.75) is 26.4 Å². The molecule has 0 radical (unpaired) electrons. The Bertz CT molecular complexity index is 1410. The van der Waals surface area contributed by atoms with E-state index in [1.165, 1.54) is 11.3 Å². The smallest absolute Gasteiger partial charge is 0.212 e. The summed E-state index contributed by atoms with van der Waals surface area (Å²) in [7, 11) is 0. The highest BCUT2D eigenvalue weighted by molar-refractivity contribution is 7.16. The van der Waals surface area contributed by atoms with Gasteiger partial charge in [0.1, 0.15) is 18.1 Å². The minimum absolute atomic E-state index is 0.0986. The molecular weight excluding hydrogens is 456 g/mol. The van der Waals surface area contributed by atoms with E-state index in [0.717, 1.165) is 33.8 Å². The average Bonchev–Trinajstić information content (AvgIpc) is 3.55. The first-order chi connectivity index (χ1) is 17.2. The second kappa shape index (κ2) is 10.4. The lowest BCUT2D eigenvalue weighted by molar-refractivity contribution is 0.0986. The number of thiazole rings is 1. The quantitative estimate of drug-likeness (QED) is 0.239. The number of hydrogen-bond donors (Lipinski definition) is 0. The van der Waals surface area contributed by atoms with Crippen LogP contribution in [0.5, 0.6) is 5.75 Å². The zero-order valence-electron chi connectivity index (χ0n) is 19.3. The summed E-state index contributed by atoms with van der Waals surface area (Å²) in [4.78, 5) is 18.0. The molecule has 0 unspecified atom stereocenters. The Kier molecular flexibility index (Phi) is 6.77. The molecular formula is C28H24N4O2S. The summed E-state index contributed by atoms with van der Waals surface area (Å²) in [5.41, 5.74) is 4.65. The van der Waals surface area contributed by atoms with Gasteiger partial charge in [0.05, 0.1) is 16.8 Å². The molecule has 174 valence electrons. The van der Waals surface area contributed by atoms with Crippen LogP contribution in [0.3, 0.4) is 0 Å². The summed E-state index contributed by atoms with van der Waals surface area (Å²) < 4.78 is 7.49. The van der Waals surface area contributed by atoms with Crippen molar-refractivity contribution in [2.75, 3.05) is 0 Å². The van der Waals surface area contributed by atoms with E-state index in [1.807, 2.05) is 98.0 Å². The molecule has 0 atom stereocenters. The van der Waals surface area contributed by atoms with E-state index < -0.39 is 0 Å². The molecule has 0 spiro atoms. The average molecular weight is 481 g/mol. The SMILES string of the molecule is Cc1nc(-n2cc(-c3ccc(OCc4ccccc4)cc3)nn2)sc1C(=O)CCc1ccccc1. The van der Waals surface area contributed by atoms with Gasteiger partial charge in [-0.1, -0.05) is 77.2 Å². The summed E-state index contributed by atoms with van der Waals surface area (Å²) in [6, 6.07) is 27.9. The fourth-order valence-electron chi connectivity index (χ4n) is 3.71. The van der Waals surface area contributed by atoms with Gasteiger partial charge in [-0.15, -0.1) is 5.10 Å². The zero-order valence-corrected chi connectivity index (χ0v) is 20.1. The molecule has 0 amide bonds. The highest BCUT2D eigenvalue weighted by Crippen LogP contribution is 2.26. The molecule has 35 heavy (non-hydrogen) atoms. The number of carbonyl (C=O) groups excluding carboxylic acids is 1. The highest BCUT2D eigenvalue weighted by Gasteiger charge is 2.17. The van der Waals surface area contributed by atoms with Crippen LogP contribution in [0, 0.1) is 6.92 Å². The van der Waals surface area contributed by atoms with Gasteiger partial charge in [-0.25, -0.2) is 4.98 Å². The Balaban J connectivity index is 1.24. The van der Waals surface area contributed by atoms with Gasteiger partial charge in [-0.2, -0.15) is 4.68 Å². The Labute approximate surface area is 207 Å². The van der Waals surface area contributed by atoms with Gasteiger partial charge in [0.25, 0.3) is 0 Å². The molecule has 0 aliphatic carbocycles. The third-order valence-electron chi connectivity index (χ3n) is 5.61. The van der Waals surface area contributed by atoms with Crippen LogP contribution in [0.4, 0.5) is 0 Å². The number of carbonyl (C=O) groups is 1. The van der Waals surface area contributed by atoms with Crippen molar-refractivity contribution in [3.63, 3.8) is 0 Å².